The average Bonchev–Trinajstić information content (AvgIpc) is 3.77. The Bertz CT molecular complexity index is 3320. The zero-order valence-corrected chi connectivity index (χ0v) is 48.8. The first kappa shape index (κ1) is 57.2. The molecule has 74 heavy (non-hydrogen) atoms. The molecule has 0 saturated carbocycles. The first-order chi connectivity index (χ1) is 35.0. The molecule has 0 aliphatic heterocycles. The van der Waals surface area contributed by atoms with Gasteiger partial charge in [0.15, 0.2) is 5.78 Å². The third-order valence-corrected chi connectivity index (χ3v) is 15.3. The van der Waals surface area contributed by atoms with Crippen LogP contribution in [0.4, 0.5) is 0 Å². The number of carbonyl (C=O) groups excluding carboxylic acids is 1. The number of allylic oxidation sites excluding steroid dienone is 2. The minimum Gasteiger partial charge on any atom is -0.512 e. The molecule has 0 spiro atoms. The minimum atomic E-state index is 0. The van der Waals surface area contributed by atoms with Crippen LogP contribution < -0.4 is 0 Å². The molecule has 0 saturated heterocycles. The fourth-order valence-electron chi connectivity index (χ4n) is 9.83. The molecule has 3 heterocycles. The van der Waals surface area contributed by atoms with Crippen molar-refractivity contribution in [2.45, 2.75) is 121 Å². The fraction of sp³-hybridized carbons (Fsp3) is 0.309. The summed E-state index contributed by atoms with van der Waals surface area (Å²) in [6.07, 6.45) is 9.86. The van der Waals surface area contributed by atoms with Crippen molar-refractivity contribution in [3.05, 3.63) is 192 Å². The molecule has 9 rings (SSSR count). The largest absolute Gasteiger partial charge is 0.512 e. The van der Waals surface area contributed by atoms with E-state index in [-0.39, 0.29) is 48.9 Å². The topological polar surface area (TPSA) is 63.1 Å². The van der Waals surface area contributed by atoms with E-state index >= 15 is 0 Å². The number of ketones is 1. The number of aliphatic hydroxyl groups excluding tert-OH is 1. The minimum absolute atomic E-state index is 0. The second-order valence-corrected chi connectivity index (χ2v) is 22.0. The second kappa shape index (κ2) is 25.9. The Morgan fingerprint density at radius 3 is 1.88 bits per heavy atom. The number of thiophene rings is 1. The molecule has 385 valence electrons. The van der Waals surface area contributed by atoms with Crippen LogP contribution in [0.3, 0.4) is 0 Å². The van der Waals surface area contributed by atoms with Crippen molar-refractivity contribution in [2.75, 3.05) is 0 Å². The van der Waals surface area contributed by atoms with E-state index in [1.54, 1.807) is 0 Å². The molecule has 0 amide bonds. The third kappa shape index (κ3) is 13.8. The molecule has 0 bridgehead atoms. The van der Waals surface area contributed by atoms with Gasteiger partial charge in [0.1, 0.15) is 0 Å². The van der Waals surface area contributed by atoms with Crippen LogP contribution in [0.25, 0.3) is 75.7 Å². The summed E-state index contributed by atoms with van der Waals surface area (Å²) in [5, 5.41) is 14.8. The van der Waals surface area contributed by atoms with Gasteiger partial charge in [-0.3, -0.25) is 9.78 Å². The summed E-state index contributed by atoms with van der Waals surface area (Å²) in [5.41, 5.74) is 15.6. The van der Waals surface area contributed by atoms with Crippen LogP contribution in [0.2, 0.25) is 0 Å². The van der Waals surface area contributed by atoms with Crippen LogP contribution in [0.15, 0.2) is 152 Å². The van der Waals surface area contributed by atoms with Gasteiger partial charge in [0, 0.05) is 70.9 Å². The van der Waals surface area contributed by atoms with Crippen LogP contribution in [0, 0.1) is 50.7 Å². The third-order valence-electron chi connectivity index (χ3n) is 14.0. The summed E-state index contributed by atoms with van der Waals surface area (Å²) < 4.78 is 2.66. The quantitative estimate of drug-likeness (QED) is 0.0710. The maximum Gasteiger partial charge on any atom is 0.162 e. The van der Waals surface area contributed by atoms with E-state index in [1.165, 1.54) is 76.1 Å². The van der Waals surface area contributed by atoms with Crippen LogP contribution in [0.5, 0.6) is 0 Å². The van der Waals surface area contributed by atoms with Crippen molar-refractivity contribution in [3.63, 3.8) is 0 Å². The number of benzene rings is 6. The number of hydrogen-bond donors (Lipinski definition) is 1. The Labute approximate surface area is 459 Å². The zero-order chi connectivity index (χ0) is 52.4. The van der Waals surface area contributed by atoms with E-state index in [4.69, 9.17) is 4.98 Å². The summed E-state index contributed by atoms with van der Waals surface area (Å²) >= 11 is 1.89. The van der Waals surface area contributed by atoms with Crippen LogP contribution in [-0.2, 0) is 36.7 Å². The zero-order valence-electron chi connectivity index (χ0n) is 45.6. The van der Waals surface area contributed by atoms with Crippen LogP contribution in [-0.4, -0.2) is 20.9 Å². The first-order valence-electron chi connectivity index (χ1n) is 26.4. The van der Waals surface area contributed by atoms with E-state index in [0.29, 0.717) is 5.92 Å². The number of hydrogen-bond acceptors (Lipinski definition) is 5. The van der Waals surface area contributed by atoms with Gasteiger partial charge in [-0.2, -0.15) is 0 Å². The van der Waals surface area contributed by atoms with E-state index in [9.17, 15) is 9.90 Å². The van der Waals surface area contributed by atoms with Gasteiger partial charge >= 0.3 is 0 Å². The predicted octanol–water partition coefficient (Wildman–Crippen LogP) is 19.2. The summed E-state index contributed by atoms with van der Waals surface area (Å²) in [7, 11) is 0. The number of fused-ring (bicyclic) bond motifs is 4. The van der Waals surface area contributed by atoms with Crippen molar-refractivity contribution in [1.29, 1.82) is 0 Å². The molecule has 0 fully saturated rings. The number of nitrogens with zero attached hydrogens (tertiary/aromatic N) is 2. The Hall–Kier alpha value is -6.04. The molecule has 6 heteroatoms. The number of aryl methyl sites for hydroxylation is 3. The molecule has 6 aromatic carbocycles. The van der Waals surface area contributed by atoms with Gasteiger partial charge in [-0.1, -0.05) is 178 Å². The molecule has 4 nitrogen and oxygen atoms in total. The van der Waals surface area contributed by atoms with Gasteiger partial charge in [-0.25, -0.2) is 0 Å². The van der Waals surface area contributed by atoms with Crippen molar-refractivity contribution in [1.82, 2.24) is 9.97 Å². The average molecular weight is 1180 g/mol. The predicted molar refractivity (Wildman–Crippen MR) is 314 cm³/mol. The molecule has 1 N–H and O–H groups in total. The van der Waals surface area contributed by atoms with Crippen LogP contribution in [0.1, 0.15) is 116 Å². The molecule has 1 radical (unpaired) electrons. The molecule has 9 aromatic rings. The molecule has 0 aliphatic rings. The van der Waals surface area contributed by atoms with Crippen molar-refractivity contribution >= 4 is 48.1 Å². The van der Waals surface area contributed by atoms with Crippen molar-refractivity contribution in [2.24, 2.45) is 17.8 Å². The van der Waals surface area contributed by atoms with Crippen molar-refractivity contribution in [3.8, 4) is 44.8 Å². The monoisotopic (exact) mass is 1180 g/mol. The van der Waals surface area contributed by atoms with Crippen LogP contribution >= 0.6 is 11.3 Å². The summed E-state index contributed by atoms with van der Waals surface area (Å²) in [5.74, 6) is 1.20. The number of pyridine rings is 2. The van der Waals surface area contributed by atoms with E-state index < -0.39 is 0 Å². The van der Waals surface area contributed by atoms with E-state index in [0.717, 1.165) is 65.6 Å². The summed E-state index contributed by atoms with van der Waals surface area (Å²) in [4.78, 5) is 21.1. The molecular formula is C68H74IrN2O2S-2. The van der Waals surface area contributed by atoms with Gasteiger partial charge in [0.05, 0.1) is 5.76 Å². The number of aliphatic hydroxyl groups is 1. The molecule has 0 aliphatic carbocycles. The Morgan fingerprint density at radius 2 is 1.24 bits per heavy atom. The van der Waals surface area contributed by atoms with Gasteiger partial charge in [-0.05, 0) is 107 Å². The first-order valence-corrected chi connectivity index (χ1v) is 27.2. The maximum absolute atomic E-state index is 11.7. The summed E-state index contributed by atoms with van der Waals surface area (Å²) in [6.45, 7) is 26.0. The Kier molecular flexibility index (Phi) is 20.1. The smallest absolute Gasteiger partial charge is 0.162 e. The summed E-state index contributed by atoms with van der Waals surface area (Å²) in [6, 6.07) is 52.4. The maximum atomic E-state index is 11.7. The number of aromatic nitrogens is 2. The van der Waals surface area contributed by atoms with Crippen molar-refractivity contribution < 1.29 is 30.0 Å². The SMILES string of the molecule is CCC(CC)C(=O)/C=C(\O)C(CC)CC.Cc1[c-]c(-c2cc(-c3ccc(-c4ccccc4)cc3)ccn2)cc(C)c1.Cc1c(CC(C)C)ccc2c1sc1c(-c3[c-]c4ccccc4c(C(C)(C)C)c3)nccc12.[Ir]. The van der Waals surface area contributed by atoms with E-state index in [2.05, 4.69) is 194 Å². The molecular weight excluding hydrogens is 1100 g/mol. The van der Waals surface area contributed by atoms with Gasteiger partial charge < -0.3 is 10.1 Å². The van der Waals surface area contributed by atoms with Gasteiger partial charge in [0.2, 0.25) is 0 Å². The molecule has 0 atom stereocenters. The Balaban J connectivity index is 0.000000192. The number of carbonyl (C=O) groups is 1. The van der Waals surface area contributed by atoms with Gasteiger partial charge in [0.25, 0.3) is 0 Å². The standard InChI is InChI=1S/C30H30NS.C25H20N.C13H24O2.Ir/c1-18(2)15-20-11-12-24-25-13-14-31-27(29(25)32-28(24)19(20)3)22-16-21-9-7-8-10-23(21)26(17-22)30(4,5)6;1-18-14-19(2)16-24(15-18)25-17-23(12-13-26-25)22-10-8-21(9-11-22)20-6-4-3-5-7-20;1-5-10(6-2)12(14)9-13(15)11(7-3)8-4;/h7-14,17-18H,15H2,1-6H3;3-15,17H,1-2H3;9-11,14H,5-8H2,1-4H3;/q2*-1;;/b;;12-9-;. The second-order valence-electron chi connectivity index (χ2n) is 21.0. The van der Waals surface area contributed by atoms with Gasteiger partial charge in [-0.15, -0.1) is 75.4 Å². The molecule has 3 aromatic heterocycles. The molecule has 0 unspecified atom stereocenters. The fourth-order valence-corrected chi connectivity index (χ4v) is 11.2. The number of rotatable bonds is 13. The Morgan fingerprint density at radius 1 is 0.635 bits per heavy atom. The normalized spacial score (nSPS) is 11.7. The van der Waals surface area contributed by atoms with E-state index in [1.807, 2.05) is 57.5 Å².